The lowest BCUT2D eigenvalue weighted by Crippen LogP contribution is -2.39. The van der Waals surface area contributed by atoms with Crippen molar-refractivity contribution in [2.24, 2.45) is 0 Å². The number of benzene rings is 2. The van der Waals surface area contributed by atoms with Gasteiger partial charge in [0.2, 0.25) is 15.9 Å². The molecule has 134 valence electrons. The molecule has 0 radical (unpaired) electrons. The van der Waals surface area contributed by atoms with Crippen LogP contribution in [-0.4, -0.2) is 32.2 Å². The van der Waals surface area contributed by atoms with Gasteiger partial charge in [0.1, 0.15) is 5.82 Å². The van der Waals surface area contributed by atoms with Gasteiger partial charge in [-0.1, -0.05) is 29.8 Å². The van der Waals surface area contributed by atoms with Gasteiger partial charge in [0, 0.05) is 7.05 Å². The summed E-state index contributed by atoms with van der Waals surface area (Å²) in [6.45, 7) is 3.31. The summed E-state index contributed by atoms with van der Waals surface area (Å²) in [5, 5.41) is 2.71. The molecule has 0 aliphatic rings. The van der Waals surface area contributed by atoms with Crippen LogP contribution in [0.1, 0.15) is 24.1 Å². The van der Waals surface area contributed by atoms with E-state index in [1.807, 2.05) is 6.92 Å². The van der Waals surface area contributed by atoms with Crippen LogP contribution in [0.15, 0.2) is 53.4 Å². The molecule has 2 aromatic carbocycles. The fourth-order valence-corrected chi connectivity index (χ4v) is 3.43. The SMILES string of the molecule is Cc1ccc(S(=O)(=O)N(C)CC(=O)N[C@@H](C)c2ccc(F)cc2)cc1. The van der Waals surface area contributed by atoms with Gasteiger partial charge in [0.25, 0.3) is 0 Å². The molecule has 2 aromatic rings. The van der Waals surface area contributed by atoms with E-state index in [0.717, 1.165) is 15.4 Å². The molecule has 1 atom stereocenters. The van der Waals surface area contributed by atoms with Crippen LogP contribution in [0, 0.1) is 12.7 Å². The van der Waals surface area contributed by atoms with Gasteiger partial charge in [-0.25, -0.2) is 12.8 Å². The molecule has 0 bridgehead atoms. The second-order valence-electron chi connectivity index (χ2n) is 5.91. The van der Waals surface area contributed by atoms with Crippen molar-refractivity contribution in [2.45, 2.75) is 24.8 Å². The van der Waals surface area contributed by atoms with E-state index >= 15 is 0 Å². The van der Waals surface area contributed by atoms with Gasteiger partial charge >= 0.3 is 0 Å². The predicted octanol–water partition coefficient (Wildman–Crippen LogP) is 2.63. The average molecular weight is 364 g/mol. The number of likely N-dealkylation sites (N-methyl/N-ethyl adjacent to an activating group) is 1. The minimum absolute atomic E-state index is 0.139. The second-order valence-corrected chi connectivity index (χ2v) is 7.96. The Balaban J connectivity index is 2.01. The average Bonchev–Trinajstić information content (AvgIpc) is 2.55. The quantitative estimate of drug-likeness (QED) is 0.857. The summed E-state index contributed by atoms with van der Waals surface area (Å²) in [6, 6.07) is 11.9. The van der Waals surface area contributed by atoms with E-state index in [1.165, 1.54) is 31.3 Å². The third kappa shape index (κ3) is 4.87. The number of carbonyl (C=O) groups is 1. The standard InChI is InChI=1S/C18H21FN2O3S/c1-13-4-10-17(11-5-13)25(23,24)21(3)12-18(22)20-14(2)15-6-8-16(19)9-7-15/h4-11,14H,12H2,1-3H3,(H,20,22)/t14-/m0/s1. The molecule has 0 saturated carbocycles. The Labute approximate surface area is 147 Å². The van der Waals surface area contributed by atoms with E-state index in [9.17, 15) is 17.6 Å². The van der Waals surface area contributed by atoms with Gasteiger partial charge in [-0.3, -0.25) is 4.79 Å². The number of carbonyl (C=O) groups excluding carboxylic acids is 1. The third-order valence-electron chi connectivity index (χ3n) is 3.84. The van der Waals surface area contributed by atoms with Crippen LogP contribution >= 0.6 is 0 Å². The normalized spacial score (nSPS) is 12.8. The van der Waals surface area contributed by atoms with Crippen molar-refractivity contribution in [3.8, 4) is 0 Å². The fraction of sp³-hybridized carbons (Fsp3) is 0.278. The van der Waals surface area contributed by atoms with Gasteiger partial charge in [-0.15, -0.1) is 0 Å². The molecule has 0 spiro atoms. The molecule has 2 rings (SSSR count). The van der Waals surface area contributed by atoms with Crippen LogP contribution in [0.4, 0.5) is 4.39 Å². The van der Waals surface area contributed by atoms with E-state index < -0.39 is 15.9 Å². The number of halogens is 1. The highest BCUT2D eigenvalue weighted by atomic mass is 32.2. The first-order valence-electron chi connectivity index (χ1n) is 7.78. The molecule has 7 heteroatoms. The Bertz CT molecular complexity index is 834. The number of hydrogen-bond acceptors (Lipinski definition) is 3. The number of nitrogens with zero attached hydrogens (tertiary/aromatic N) is 1. The largest absolute Gasteiger partial charge is 0.348 e. The van der Waals surface area contributed by atoms with Gasteiger partial charge in [-0.05, 0) is 43.7 Å². The van der Waals surface area contributed by atoms with Gasteiger partial charge in [0.15, 0.2) is 0 Å². The number of nitrogens with one attached hydrogen (secondary N) is 1. The van der Waals surface area contributed by atoms with Crippen LogP contribution in [0.3, 0.4) is 0 Å². The van der Waals surface area contributed by atoms with Crippen molar-refractivity contribution in [1.82, 2.24) is 9.62 Å². The Kier molecular flexibility index (Phi) is 5.92. The molecule has 0 aliphatic carbocycles. The summed E-state index contributed by atoms with van der Waals surface area (Å²) in [6.07, 6.45) is 0. The van der Waals surface area contributed by atoms with Crippen LogP contribution < -0.4 is 5.32 Å². The smallest absolute Gasteiger partial charge is 0.243 e. The molecule has 0 unspecified atom stereocenters. The zero-order chi connectivity index (χ0) is 18.6. The highest BCUT2D eigenvalue weighted by Gasteiger charge is 2.23. The maximum Gasteiger partial charge on any atom is 0.243 e. The summed E-state index contributed by atoms with van der Waals surface area (Å²) in [5.74, 6) is -0.791. The molecule has 0 fully saturated rings. The molecular weight excluding hydrogens is 343 g/mol. The van der Waals surface area contributed by atoms with E-state index in [-0.39, 0.29) is 23.3 Å². The lowest BCUT2D eigenvalue weighted by Gasteiger charge is -2.19. The highest BCUT2D eigenvalue weighted by molar-refractivity contribution is 7.89. The first-order chi connectivity index (χ1) is 11.7. The van der Waals surface area contributed by atoms with Crippen molar-refractivity contribution in [1.29, 1.82) is 0 Å². The van der Waals surface area contributed by atoms with Crippen molar-refractivity contribution < 1.29 is 17.6 Å². The van der Waals surface area contributed by atoms with E-state index in [2.05, 4.69) is 5.32 Å². The number of aryl methyl sites for hydroxylation is 1. The lowest BCUT2D eigenvalue weighted by molar-refractivity contribution is -0.121. The summed E-state index contributed by atoms with van der Waals surface area (Å²) in [7, 11) is -2.38. The Morgan fingerprint density at radius 3 is 2.24 bits per heavy atom. The van der Waals surface area contributed by atoms with Crippen LogP contribution in [0.25, 0.3) is 0 Å². The van der Waals surface area contributed by atoms with Crippen LogP contribution in [-0.2, 0) is 14.8 Å². The topological polar surface area (TPSA) is 66.5 Å². The molecule has 0 heterocycles. The first kappa shape index (κ1) is 19.1. The monoisotopic (exact) mass is 364 g/mol. The molecule has 0 aliphatic heterocycles. The van der Waals surface area contributed by atoms with E-state index in [0.29, 0.717) is 0 Å². The number of rotatable bonds is 6. The van der Waals surface area contributed by atoms with E-state index in [4.69, 9.17) is 0 Å². The predicted molar refractivity (Wildman–Crippen MR) is 94.0 cm³/mol. The minimum atomic E-state index is -3.73. The second kappa shape index (κ2) is 7.76. The van der Waals surface area contributed by atoms with Crippen molar-refractivity contribution >= 4 is 15.9 Å². The maximum atomic E-state index is 12.9. The summed E-state index contributed by atoms with van der Waals surface area (Å²) in [4.78, 5) is 12.3. The molecule has 0 saturated heterocycles. The Morgan fingerprint density at radius 1 is 1.12 bits per heavy atom. The third-order valence-corrected chi connectivity index (χ3v) is 5.66. The molecule has 25 heavy (non-hydrogen) atoms. The summed E-state index contributed by atoms with van der Waals surface area (Å²) >= 11 is 0. The van der Waals surface area contributed by atoms with Gasteiger partial charge in [0.05, 0.1) is 17.5 Å². The summed E-state index contributed by atoms with van der Waals surface area (Å²) in [5.41, 5.74) is 1.69. The van der Waals surface area contributed by atoms with Crippen LogP contribution in [0.5, 0.6) is 0 Å². The molecular formula is C18H21FN2O3S. The molecule has 1 N–H and O–H groups in total. The van der Waals surface area contributed by atoms with Gasteiger partial charge in [-0.2, -0.15) is 4.31 Å². The zero-order valence-electron chi connectivity index (χ0n) is 14.4. The highest BCUT2D eigenvalue weighted by Crippen LogP contribution is 2.16. The lowest BCUT2D eigenvalue weighted by atomic mass is 10.1. The minimum Gasteiger partial charge on any atom is -0.348 e. The Morgan fingerprint density at radius 2 is 1.68 bits per heavy atom. The van der Waals surface area contributed by atoms with Crippen molar-refractivity contribution in [3.05, 3.63) is 65.5 Å². The number of amides is 1. The Hall–Kier alpha value is -2.25. The maximum absolute atomic E-state index is 12.9. The first-order valence-corrected chi connectivity index (χ1v) is 9.22. The molecule has 5 nitrogen and oxygen atoms in total. The number of sulfonamides is 1. The summed E-state index contributed by atoms with van der Waals surface area (Å²) < 4.78 is 38.9. The van der Waals surface area contributed by atoms with E-state index in [1.54, 1.807) is 31.2 Å². The number of hydrogen-bond donors (Lipinski definition) is 1. The molecule has 1 amide bonds. The van der Waals surface area contributed by atoms with Crippen molar-refractivity contribution in [3.63, 3.8) is 0 Å². The van der Waals surface area contributed by atoms with Gasteiger partial charge < -0.3 is 5.32 Å². The van der Waals surface area contributed by atoms with Crippen LogP contribution in [0.2, 0.25) is 0 Å². The molecule has 0 aromatic heterocycles. The fourth-order valence-electron chi connectivity index (χ4n) is 2.30. The van der Waals surface area contributed by atoms with Crippen molar-refractivity contribution in [2.75, 3.05) is 13.6 Å². The zero-order valence-corrected chi connectivity index (χ0v) is 15.2.